The molecule has 4 unspecified atom stereocenters. The van der Waals surface area contributed by atoms with Crippen LogP contribution in [0, 0.1) is 0 Å². The molecule has 206 valence electrons. The highest BCUT2D eigenvalue weighted by molar-refractivity contribution is 7.98. The Labute approximate surface area is 224 Å². The molecule has 1 aromatic heterocycles. The van der Waals surface area contributed by atoms with Crippen molar-refractivity contribution in [3.05, 3.63) is 36.0 Å². The molecular weight excluding hydrogens is 512 g/mol. The van der Waals surface area contributed by atoms with Gasteiger partial charge in [0, 0.05) is 23.5 Å². The molecule has 0 aliphatic carbocycles. The standard InChI is InChI=1S/C25H34N6O6S/c1-38-10-8-18(25(36)37)29-23(34)19(11-14-13-28-16-6-3-2-5-15(14)16)30-24(35)20(12-21(26)32)31-22(33)17-7-4-9-27-17/h2-3,5-6,13,17-20,27-28H,4,7-12H2,1H3,(H2,26,32)(H,29,34)(H,30,35)(H,31,33)(H,36,37). The molecule has 1 fully saturated rings. The molecule has 4 atom stereocenters. The third kappa shape index (κ3) is 7.96. The molecular formula is C25H34N6O6S. The number of amides is 4. The second kappa shape index (κ2) is 13.8. The number of carboxylic acid groups (broad SMARTS) is 1. The number of H-pyrrole nitrogens is 1. The number of para-hydroxylation sites is 1. The Balaban J connectivity index is 1.82. The fourth-order valence-corrected chi connectivity index (χ4v) is 4.83. The Morgan fingerprint density at radius 1 is 1.08 bits per heavy atom. The molecule has 38 heavy (non-hydrogen) atoms. The summed E-state index contributed by atoms with van der Waals surface area (Å²) in [6.07, 6.45) is 4.72. The van der Waals surface area contributed by atoms with E-state index in [1.54, 1.807) is 6.20 Å². The van der Waals surface area contributed by atoms with Gasteiger partial charge in [0.1, 0.15) is 18.1 Å². The van der Waals surface area contributed by atoms with Gasteiger partial charge in [-0.05, 0) is 49.4 Å². The van der Waals surface area contributed by atoms with Crippen molar-refractivity contribution in [3.63, 3.8) is 0 Å². The number of aromatic amines is 1. The topological polar surface area (TPSA) is 196 Å². The fraction of sp³-hybridized carbons (Fsp3) is 0.480. The molecule has 0 spiro atoms. The van der Waals surface area contributed by atoms with E-state index < -0.39 is 60.2 Å². The number of aliphatic carboxylic acids is 1. The first-order chi connectivity index (χ1) is 18.2. The van der Waals surface area contributed by atoms with Crippen molar-refractivity contribution in [2.24, 2.45) is 5.73 Å². The molecule has 0 radical (unpaired) electrons. The van der Waals surface area contributed by atoms with E-state index in [1.807, 2.05) is 30.5 Å². The van der Waals surface area contributed by atoms with Crippen LogP contribution in [-0.4, -0.2) is 82.4 Å². The Morgan fingerprint density at radius 3 is 2.45 bits per heavy atom. The minimum atomic E-state index is -1.30. The van der Waals surface area contributed by atoms with Crippen molar-refractivity contribution in [2.75, 3.05) is 18.6 Å². The van der Waals surface area contributed by atoms with Gasteiger partial charge in [-0.2, -0.15) is 11.8 Å². The molecule has 0 saturated carbocycles. The molecule has 1 aliphatic rings. The Hall–Kier alpha value is -3.58. The molecule has 2 aromatic rings. The highest BCUT2D eigenvalue weighted by Gasteiger charge is 2.32. The van der Waals surface area contributed by atoms with Crippen LogP contribution in [-0.2, 0) is 30.4 Å². The van der Waals surface area contributed by atoms with E-state index in [0.29, 0.717) is 18.7 Å². The lowest BCUT2D eigenvalue weighted by molar-refractivity contribution is -0.142. The summed E-state index contributed by atoms with van der Waals surface area (Å²) >= 11 is 1.45. The van der Waals surface area contributed by atoms with Gasteiger partial charge in [0.2, 0.25) is 23.6 Å². The highest BCUT2D eigenvalue weighted by Crippen LogP contribution is 2.19. The van der Waals surface area contributed by atoms with E-state index in [2.05, 4.69) is 26.3 Å². The van der Waals surface area contributed by atoms with Crippen molar-refractivity contribution in [1.29, 1.82) is 0 Å². The zero-order chi connectivity index (χ0) is 27.7. The van der Waals surface area contributed by atoms with Gasteiger partial charge < -0.3 is 37.1 Å². The van der Waals surface area contributed by atoms with Crippen LogP contribution < -0.4 is 27.0 Å². The molecule has 13 heteroatoms. The zero-order valence-corrected chi connectivity index (χ0v) is 21.9. The van der Waals surface area contributed by atoms with Crippen LogP contribution in [0.5, 0.6) is 0 Å². The number of hydrogen-bond acceptors (Lipinski definition) is 7. The van der Waals surface area contributed by atoms with Crippen molar-refractivity contribution < 1.29 is 29.1 Å². The number of aromatic nitrogens is 1. The Kier molecular flexibility index (Phi) is 10.5. The van der Waals surface area contributed by atoms with Crippen LogP contribution in [0.2, 0.25) is 0 Å². The normalized spacial score (nSPS) is 17.3. The van der Waals surface area contributed by atoms with Gasteiger partial charge in [-0.1, -0.05) is 18.2 Å². The first-order valence-electron chi connectivity index (χ1n) is 12.4. The monoisotopic (exact) mass is 546 g/mol. The summed E-state index contributed by atoms with van der Waals surface area (Å²) in [5, 5.41) is 21.1. The van der Waals surface area contributed by atoms with Gasteiger partial charge in [-0.3, -0.25) is 19.2 Å². The maximum Gasteiger partial charge on any atom is 0.326 e. The predicted molar refractivity (Wildman–Crippen MR) is 143 cm³/mol. The van der Waals surface area contributed by atoms with E-state index in [0.717, 1.165) is 22.9 Å². The van der Waals surface area contributed by atoms with E-state index in [-0.39, 0.29) is 12.8 Å². The summed E-state index contributed by atoms with van der Waals surface area (Å²) < 4.78 is 0. The number of rotatable bonds is 14. The van der Waals surface area contributed by atoms with E-state index >= 15 is 0 Å². The van der Waals surface area contributed by atoms with Crippen LogP contribution in [0.3, 0.4) is 0 Å². The first-order valence-corrected chi connectivity index (χ1v) is 13.8. The number of hydrogen-bond donors (Lipinski definition) is 7. The van der Waals surface area contributed by atoms with Crippen molar-refractivity contribution >= 4 is 52.3 Å². The third-order valence-electron chi connectivity index (χ3n) is 6.37. The number of thioether (sulfide) groups is 1. The predicted octanol–water partition coefficient (Wildman–Crippen LogP) is -0.370. The number of nitrogens with one attached hydrogen (secondary N) is 5. The fourth-order valence-electron chi connectivity index (χ4n) is 4.36. The van der Waals surface area contributed by atoms with Crippen LogP contribution >= 0.6 is 11.8 Å². The average Bonchev–Trinajstić information content (AvgIpc) is 3.56. The molecule has 0 bridgehead atoms. The SMILES string of the molecule is CSCCC(NC(=O)C(Cc1c[nH]c2ccccc12)NC(=O)C(CC(N)=O)NC(=O)C1CCCN1)C(=O)O. The van der Waals surface area contributed by atoms with Crippen molar-refractivity contribution in [1.82, 2.24) is 26.3 Å². The lowest BCUT2D eigenvalue weighted by Gasteiger charge is -2.25. The Morgan fingerprint density at radius 2 is 1.79 bits per heavy atom. The number of nitrogens with two attached hydrogens (primary N) is 1. The van der Waals surface area contributed by atoms with E-state index in [1.165, 1.54) is 11.8 Å². The number of primary amides is 1. The third-order valence-corrected chi connectivity index (χ3v) is 7.02. The smallest absolute Gasteiger partial charge is 0.326 e. The van der Waals surface area contributed by atoms with Gasteiger partial charge in [-0.15, -0.1) is 0 Å². The quantitative estimate of drug-likeness (QED) is 0.167. The Bertz CT molecular complexity index is 1160. The van der Waals surface area contributed by atoms with Crippen LogP contribution in [0.4, 0.5) is 0 Å². The highest BCUT2D eigenvalue weighted by atomic mass is 32.2. The van der Waals surface area contributed by atoms with Crippen molar-refractivity contribution in [3.8, 4) is 0 Å². The second-order valence-electron chi connectivity index (χ2n) is 9.19. The molecule has 2 heterocycles. The average molecular weight is 547 g/mol. The van der Waals surface area contributed by atoms with E-state index in [4.69, 9.17) is 5.73 Å². The number of carbonyl (C=O) groups is 5. The summed E-state index contributed by atoms with van der Waals surface area (Å²) in [7, 11) is 0. The summed E-state index contributed by atoms with van der Waals surface area (Å²) in [4.78, 5) is 65.7. The number of benzene rings is 1. The molecule has 1 aromatic carbocycles. The molecule has 4 amide bonds. The minimum absolute atomic E-state index is 0.0396. The number of carbonyl (C=O) groups excluding carboxylic acids is 4. The maximum absolute atomic E-state index is 13.3. The summed E-state index contributed by atoms with van der Waals surface area (Å²) in [6, 6.07) is 3.30. The lowest BCUT2D eigenvalue weighted by Crippen LogP contribution is -2.58. The van der Waals surface area contributed by atoms with Gasteiger partial charge >= 0.3 is 5.97 Å². The number of carboxylic acids is 1. The lowest BCUT2D eigenvalue weighted by atomic mass is 10.0. The van der Waals surface area contributed by atoms with Gasteiger partial charge in [0.15, 0.2) is 0 Å². The van der Waals surface area contributed by atoms with Gasteiger partial charge in [0.25, 0.3) is 0 Å². The number of fused-ring (bicyclic) bond motifs is 1. The molecule has 1 saturated heterocycles. The van der Waals surface area contributed by atoms with Gasteiger partial charge in [-0.25, -0.2) is 4.79 Å². The maximum atomic E-state index is 13.3. The minimum Gasteiger partial charge on any atom is -0.480 e. The first kappa shape index (κ1) is 29.0. The van der Waals surface area contributed by atoms with Crippen molar-refractivity contribution in [2.45, 2.75) is 56.3 Å². The van der Waals surface area contributed by atoms with Crippen LogP contribution in [0.25, 0.3) is 10.9 Å². The molecule has 12 nitrogen and oxygen atoms in total. The second-order valence-corrected chi connectivity index (χ2v) is 10.2. The summed E-state index contributed by atoms with van der Waals surface area (Å²) in [5.74, 6) is -3.38. The molecule has 8 N–H and O–H groups in total. The summed E-state index contributed by atoms with van der Waals surface area (Å²) in [5.41, 5.74) is 6.89. The van der Waals surface area contributed by atoms with Crippen LogP contribution in [0.1, 0.15) is 31.2 Å². The largest absolute Gasteiger partial charge is 0.480 e. The van der Waals surface area contributed by atoms with Gasteiger partial charge in [0.05, 0.1) is 12.5 Å². The molecule has 3 rings (SSSR count). The van der Waals surface area contributed by atoms with E-state index in [9.17, 15) is 29.1 Å². The summed E-state index contributed by atoms with van der Waals surface area (Å²) in [6.45, 7) is 0.666. The zero-order valence-electron chi connectivity index (χ0n) is 21.1. The molecule has 1 aliphatic heterocycles. The van der Waals surface area contributed by atoms with Crippen LogP contribution in [0.15, 0.2) is 30.5 Å².